The number of aromatic nitrogens is 2. The zero-order chi connectivity index (χ0) is 74.0. The number of rotatable bonds is 17. The van der Waals surface area contributed by atoms with Crippen LogP contribution in [0.1, 0.15) is 116 Å². The Morgan fingerprint density at radius 3 is 1.07 bits per heavy atom. The van der Waals surface area contributed by atoms with E-state index >= 15 is 0 Å². The summed E-state index contributed by atoms with van der Waals surface area (Å²) in [6.45, 7) is 14.9. The zero-order valence-electron chi connectivity index (χ0n) is 56.7. The molecule has 12 aromatic rings. The van der Waals surface area contributed by atoms with Crippen molar-refractivity contribution in [2.24, 2.45) is 0 Å². The third-order valence-corrected chi connectivity index (χ3v) is 16.7. The van der Waals surface area contributed by atoms with Crippen LogP contribution in [0.5, 0.6) is 0 Å². The van der Waals surface area contributed by atoms with Crippen molar-refractivity contribution in [3.8, 4) is 0 Å². The van der Waals surface area contributed by atoms with Crippen molar-refractivity contribution in [1.82, 2.24) is 9.13 Å². The molecule has 0 aliphatic carbocycles. The number of halogens is 11. The molecule has 21 heteroatoms. The summed E-state index contributed by atoms with van der Waals surface area (Å²) in [6.07, 6.45) is 2.24. The fourth-order valence-corrected chi connectivity index (χ4v) is 11.5. The predicted octanol–water partition coefficient (Wildman–Crippen LogP) is 25.6. The lowest BCUT2D eigenvalue weighted by molar-refractivity contribution is -0.111. The molecule has 524 valence electrons. The van der Waals surface area contributed by atoms with E-state index in [1.54, 1.807) is 12.1 Å². The van der Waals surface area contributed by atoms with Gasteiger partial charge in [0, 0.05) is 138 Å². The topological polar surface area (TPSA) is 98.4 Å². The van der Waals surface area contributed by atoms with E-state index in [2.05, 4.69) is 114 Å². The van der Waals surface area contributed by atoms with Gasteiger partial charge in [0.2, 0.25) is 5.24 Å². The molecule has 2 heterocycles. The van der Waals surface area contributed by atoms with Gasteiger partial charge in [0.25, 0.3) is 5.24 Å². The lowest BCUT2D eigenvalue weighted by atomic mass is 9.98. The van der Waals surface area contributed by atoms with Gasteiger partial charge in [0.1, 0.15) is 0 Å². The van der Waals surface area contributed by atoms with Crippen LogP contribution in [0.25, 0.3) is 43.6 Å². The Bertz CT molecular complexity index is 4530. The number of carbonyl (C=O) groups is 5. The highest BCUT2D eigenvalue weighted by atomic mass is 35.8. The van der Waals surface area contributed by atoms with E-state index in [0.29, 0.717) is 54.1 Å². The summed E-state index contributed by atoms with van der Waals surface area (Å²) >= 11 is 23.2. The van der Waals surface area contributed by atoms with E-state index in [1.165, 1.54) is 38.2 Å². The minimum absolute atomic E-state index is 0.0301. The van der Waals surface area contributed by atoms with E-state index in [0.717, 1.165) is 74.8 Å². The van der Waals surface area contributed by atoms with Gasteiger partial charge in [-0.1, -0.05) is 151 Å². The highest BCUT2D eigenvalue weighted by Gasteiger charge is 2.17. The second-order valence-electron chi connectivity index (χ2n) is 22.1. The summed E-state index contributed by atoms with van der Waals surface area (Å²) in [4.78, 5) is 60.6. The first-order valence-electron chi connectivity index (χ1n) is 32.3. The molecule has 101 heavy (non-hydrogen) atoms. The van der Waals surface area contributed by atoms with Gasteiger partial charge < -0.3 is 14.0 Å². The molecule has 0 atom stereocenters. The van der Waals surface area contributed by atoms with Gasteiger partial charge in [0.15, 0.2) is 17.3 Å². The highest BCUT2D eigenvalue weighted by molar-refractivity contribution is 7.54. The quantitative estimate of drug-likeness (QED) is 0.0390. The van der Waals surface area contributed by atoms with Crippen molar-refractivity contribution in [3.05, 3.63) is 298 Å². The SMILES string of the molecule is CCN(c1ccc(C(=O)CCCCl)cc1)c1ccc(C(=O)c2ccccc2C)cc1.CCn1c2ccccc2c2cc(C(=O)c3ccccc3C)ccc21.CCn1c2ccccc2c2ccccc21.Cc1ccccc1C(=O)Cl.Clc1ccccc1.O=C(Cl)CCCCl.[Cl][Al]([Cl])[Cl].[Cl][Al]([Cl])[Cl]. The van der Waals surface area contributed by atoms with Crippen molar-refractivity contribution in [1.29, 1.82) is 0 Å². The van der Waals surface area contributed by atoms with Gasteiger partial charge >= 0.3 is 22.8 Å². The van der Waals surface area contributed by atoms with Gasteiger partial charge in [-0.05, 0) is 197 Å². The monoisotopic (exact) mass is 1600 g/mol. The standard InChI is InChI=1S/C26H26ClNO2.C22H19NO.C14H13N.C8H7ClO.C6H5Cl.C4H6Cl2O.2Al.6ClH/c1-3-28(22-14-10-20(11-15-22)25(29)9-6-18-27)23-16-12-21(13-17-23)26(30)24-8-5-4-7-19(24)2;1-3-23-20-11-7-6-10-18(20)19-14-16(12-13-21(19)23)22(24)17-9-5-4-8-15(17)2;1-2-15-13-9-5-3-7-11(13)12-8-4-6-10-14(12)15;1-6-4-2-3-5-7(6)8(9)10;7-6-4-2-1-3-5-6;5-3-1-2-4(6)7;;;;;;;;/h4-5,7-8,10-17H,3,6,9,18H2,1-2H3;4-14H,3H2,1-2H3;3-10H,2H2,1H3;2-5H,1H3;1-5H;1-3H2;;;6*1H/q;;;;;;2*+3;;;;;;/p-6. The molecule has 0 aliphatic rings. The Morgan fingerprint density at radius 2 is 0.723 bits per heavy atom. The summed E-state index contributed by atoms with van der Waals surface area (Å²) in [5.41, 5.74) is 14.2. The van der Waals surface area contributed by atoms with Crippen LogP contribution in [0.4, 0.5) is 11.4 Å². The Balaban J connectivity index is 0.000000229. The summed E-state index contributed by atoms with van der Waals surface area (Å²) in [5.74, 6) is 1.24. The first-order chi connectivity index (χ1) is 48.5. The number of ketones is 3. The summed E-state index contributed by atoms with van der Waals surface area (Å²) in [5, 5.41) is 5.16. The number of alkyl halides is 2. The molecule has 0 aliphatic heterocycles. The molecule has 0 radical (unpaired) electrons. The van der Waals surface area contributed by atoms with Crippen molar-refractivity contribution >= 4 is 224 Å². The molecular formula is C80H76Al2Cl11N3O5. The number of hydrogen-bond donors (Lipinski definition) is 0. The van der Waals surface area contributed by atoms with Gasteiger partial charge in [-0.3, -0.25) is 24.0 Å². The number of nitrogens with zero attached hydrogens (tertiary/aromatic N) is 3. The maximum Gasteiger partial charge on any atom is 0.643 e. The van der Waals surface area contributed by atoms with Crippen LogP contribution in [-0.2, 0) is 17.9 Å². The molecule has 0 amide bonds. The largest absolute Gasteiger partial charge is 0.643 e. The van der Waals surface area contributed by atoms with Crippen LogP contribution >= 0.6 is 118 Å². The molecule has 0 saturated carbocycles. The minimum Gasteiger partial charge on any atom is -0.342 e. The number of para-hydroxylation sites is 3. The van der Waals surface area contributed by atoms with Crippen LogP contribution in [0.15, 0.2) is 243 Å². The number of benzene rings is 10. The van der Waals surface area contributed by atoms with Crippen LogP contribution < -0.4 is 4.90 Å². The predicted molar refractivity (Wildman–Crippen MR) is 440 cm³/mol. The number of hydrogen-bond acceptors (Lipinski definition) is 6. The van der Waals surface area contributed by atoms with Crippen molar-refractivity contribution in [3.63, 3.8) is 0 Å². The van der Waals surface area contributed by atoms with Crippen LogP contribution in [0.2, 0.25) is 5.02 Å². The molecule has 0 N–H and O–H groups in total. The average molecular weight is 1600 g/mol. The molecule has 12 rings (SSSR count). The second kappa shape index (κ2) is 46.1. The van der Waals surface area contributed by atoms with Gasteiger partial charge in [-0.25, -0.2) is 60.3 Å². The number of carbonyl (C=O) groups excluding carboxylic acids is 5. The summed E-state index contributed by atoms with van der Waals surface area (Å²) < 4.78 is 4.66. The van der Waals surface area contributed by atoms with Gasteiger partial charge in [-0.2, -0.15) is 0 Å². The summed E-state index contributed by atoms with van der Waals surface area (Å²) in [6, 6.07) is 79.1. The number of aryl methyl sites for hydroxylation is 5. The maximum atomic E-state index is 12.9. The van der Waals surface area contributed by atoms with Crippen LogP contribution in [-0.4, -0.2) is 78.0 Å². The van der Waals surface area contributed by atoms with Crippen LogP contribution in [0, 0.1) is 20.8 Å². The molecule has 0 fully saturated rings. The van der Waals surface area contributed by atoms with E-state index in [1.807, 2.05) is 172 Å². The van der Waals surface area contributed by atoms with E-state index in [-0.39, 0.29) is 22.6 Å². The lowest BCUT2D eigenvalue weighted by Crippen LogP contribution is -2.16. The normalized spacial score (nSPS) is 10.2. The average Bonchev–Trinajstić information content (AvgIpc) is 1.63. The molecule has 0 bridgehead atoms. The smallest absolute Gasteiger partial charge is 0.342 e. The van der Waals surface area contributed by atoms with Gasteiger partial charge in [-0.15, -0.1) is 23.2 Å². The zero-order valence-corrected chi connectivity index (χ0v) is 67.3. The summed E-state index contributed by atoms with van der Waals surface area (Å²) in [7, 11) is 29.7. The maximum absolute atomic E-state index is 12.9. The first kappa shape index (κ1) is 85.8. The number of fused-ring (bicyclic) bond motifs is 6. The van der Waals surface area contributed by atoms with E-state index in [9.17, 15) is 24.0 Å². The number of anilines is 2. The highest BCUT2D eigenvalue weighted by Crippen LogP contribution is 2.32. The van der Waals surface area contributed by atoms with Crippen molar-refractivity contribution in [2.75, 3.05) is 23.2 Å². The molecule has 0 saturated heterocycles. The molecule has 10 aromatic carbocycles. The fraction of sp³-hybridized carbons (Fsp3) is 0.188. The van der Waals surface area contributed by atoms with Gasteiger partial charge in [0.05, 0.1) is 0 Å². The fourth-order valence-electron chi connectivity index (χ4n) is 10.8. The van der Waals surface area contributed by atoms with E-state index in [4.69, 9.17) is 118 Å². The van der Waals surface area contributed by atoms with E-state index < -0.39 is 28.0 Å². The third kappa shape index (κ3) is 27.3. The van der Waals surface area contributed by atoms with Crippen LogP contribution in [0.3, 0.4) is 0 Å². The second-order valence-corrected chi connectivity index (χ2v) is 37.0. The third-order valence-electron chi connectivity index (χ3n) is 15.5. The van der Waals surface area contributed by atoms with Crippen molar-refractivity contribution < 1.29 is 24.0 Å². The Morgan fingerprint density at radius 1 is 0.386 bits per heavy atom. The van der Waals surface area contributed by atoms with Crippen molar-refractivity contribution in [2.45, 2.75) is 80.3 Å². The molecule has 2 aromatic heterocycles. The molecular weight excluding hydrogens is 1530 g/mol. The first-order valence-corrected chi connectivity index (χ1v) is 45.0. The minimum atomic E-state index is -1.72. The molecule has 0 unspecified atom stereocenters. The number of Topliss-reactive ketones (excluding diaryl/α,β-unsaturated/α-hetero) is 1. The Labute approximate surface area is 651 Å². The Hall–Kier alpha value is -5.80. The Kier molecular flexibility index (Phi) is 39.2. The molecule has 8 nitrogen and oxygen atoms in total. The molecule has 0 spiro atoms. The lowest BCUT2D eigenvalue weighted by Gasteiger charge is -2.23.